The van der Waals surface area contributed by atoms with Crippen LogP contribution >= 0.6 is 11.3 Å². The van der Waals surface area contributed by atoms with E-state index in [9.17, 15) is 14.4 Å². The molecule has 1 aromatic carbocycles. The van der Waals surface area contributed by atoms with Crippen molar-refractivity contribution in [1.29, 1.82) is 0 Å². The predicted molar refractivity (Wildman–Crippen MR) is 120 cm³/mol. The highest BCUT2D eigenvalue weighted by molar-refractivity contribution is 7.15. The third kappa shape index (κ3) is 4.27. The second-order valence-electron chi connectivity index (χ2n) is 8.40. The number of anilines is 1. The van der Waals surface area contributed by atoms with E-state index in [0.717, 1.165) is 18.0 Å². The quantitative estimate of drug-likeness (QED) is 0.682. The van der Waals surface area contributed by atoms with Gasteiger partial charge in [0.15, 0.2) is 5.13 Å². The molecule has 2 aliphatic rings. The maximum Gasteiger partial charge on any atom is 0.261 e. The lowest BCUT2D eigenvalue weighted by Gasteiger charge is -2.32. The zero-order chi connectivity index (χ0) is 22.1. The van der Waals surface area contributed by atoms with E-state index in [1.165, 1.54) is 41.6 Å². The number of thiazole rings is 1. The molecule has 7 nitrogen and oxygen atoms in total. The molecule has 1 N–H and O–H groups in total. The van der Waals surface area contributed by atoms with Crippen LogP contribution in [0.1, 0.15) is 82.4 Å². The van der Waals surface area contributed by atoms with Crippen molar-refractivity contribution in [3.8, 4) is 0 Å². The van der Waals surface area contributed by atoms with E-state index in [1.807, 2.05) is 20.0 Å². The lowest BCUT2D eigenvalue weighted by Crippen LogP contribution is -2.37. The molecule has 31 heavy (non-hydrogen) atoms. The van der Waals surface area contributed by atoms with Crippen LogP contribution < -0.4 is 5.32 Å². The number of hydrogen-bond donors (Lipinski definition) is 1. The van der Waals surface area contributed by atoms with Gasteiger partial charge in [0.2, 0.25) is 0 Å². The highest BCUT2D eigenvalue weighted by Gasteiger charge is 2.38. The van der Waals surface area contributed by atoms with Crippen LogP contribution in [-0.4, -0.2) is 51.1 Å². The summed E-state index contributed by atoms with van der Waals surface area (Å²) in [6.07, 6.45) is 6.22. The fraction of sp³-hybridized carbons (Fsp3) is 0.478. The largest absolute Gasteiger partial charge is 0.298 e. The summed E-state index contributed by atoms with van der Waals surface area (Å²) in [5.41, 5.74) is 0.984. The summed E-state index contributed by atoms with van der Waals surface area (Å²) in [7, 11) is 0. The van der Waals surface area contributed by atoms with Crippen molar-refractivity contribution in [2.24, 2.45) is 0 Å². The molecule has 8 heteroatoms. The standard InChI is InChI=1S/C23H28N4O3S/c1-4-14(2)27-21(29)18-9-8-16(11-19(18)22(27)30)20(28)25-23-24-12-17(31-23)13-26-10-6-5-7-15(26)3/h8-9,11-12,14-15H,4-7,10,13H2,1-3H3,(H,24,25,28). The van der Waals surface area contributed by atoms with Crippen LogP contribution in [0.3, 0.4) is 0 Å². The minimum absolute atomic E-state index is 0.180. The lowest BCUT2D eigenvalue weighted by atomic mass is 10.0. The normalized spacial score (nSPS) is 20.1. The van der Waals surface area contributed by atoms with Gasteiger partial charge in [-0.25, -0.2) is 4.98 Å². The molecule has 2 atom stereocenters. The number of hydrogen-bond acceptors (Lipinski definition) is 6. The van der Waals surface area contributed by atoms with Crippen LogP contribution in [0.4, 0.5) is 5.13 Å². The van der Waals surface area contributed by atoms with Crippen LogP contribution in [0.25, 0.3) is 0 Å². The number of benzene rings is 1. The van der Waals surface area contributed by atoms with E-state index in [2.05, 4.69) is 22.1 Å². The van der Waals surface area contributed by atoms with Gasteiger partial charge in [0.05, 0.1) is 11.1 Å². The number of imide groups is 1. The maximum absolute atomic E-state index is 12.8. The monoisotopic (exact) mass is 440 g/mol. The van der Waals surface area contributed by atoms with Crippen molar-refractivity contribution < 1.29 is 14.4 Å². The van der Waals surface area contributed by atoms with Crippen molar-refractivity contribution in [3.05, 3.63) is 46.0 Å². The molecule has 2 unspecified atom stereocenters. The highest BCUT2D eigenvalue weighted by Crippen LogP contribution is 2.28. The molecule has 1 saturated heterocycles. The summed E-state index contributed by atoms with van der Waals surface area (Å²) < 4.78 is 0. The molecular weight excluding hydrogens is 412 g/mol. The maximum atomic E-state index is 12.8. The van der Waals surface area contributed by atoms with Crippen molar-refractivity contribution in [1.82, 2.24) is 14.8 Å². The van der Waals surface area contributed by atoms with Crippen LogP contribution in [0, 0.1) is 0 Å². The van der Waals surface area contributed by atoms with Crippen LogP contribution in [-0.2, 0) is 6.54 Å². The Bertz CT molecular complexity index is 1020. The Hall–Kier alpha value is -2.58. The van der Waals surface area contributed by atoms with E-state index in [-0.39, 0.29) is 29.3 Å². The minimum Gasteiger partial charge on any atom is -0.298 e. The predicted octanol–water partition coefficient (Wildman–Crippen LogP) is 4.16. The number of fused-ring (bicyclic) bond motifs is 1. The molecule has 1 aromatic heterocycles. The van der Waals surface area contributed by atoms with Crippen LogP contribution in [0.5, 0.6) is 0 Å². The smallest absolute Gasteiger partial charge is 0.261 e. The van der Waals surface area contributed by atoms with E-state index in [4.69, 9.17) is 0 Å². The number of nitrogens with one attached hydrogen (secondary N) is 1. The molecule has 2 aromatic rings. The first kappa shape index (κ1) is 21.6. The van der Waals surface area contributed by atoms with Crippen LogP contribution in [0.2, 0.25) is 0 Å². The molecule has 1 fully saturated rings. The minimum atomic E-state index is -0.337. The number of rotatable bonds is 6. The molecule has 0 aliphatic carbocycles. The molecule has 0 saturated carbocycles. The average molecular weight is 441 g/mol. The van der Waals surface area contributed by atoms with Gasteiger partial charge in [0.1, 0.15) is 0 Å². The first-order valence-corrected chi connectivity index (χ1v) is 11.7. The van der Waals surface area contributed by atoms with Crippen molar-refractivity contribution in [2.75, 3.05) is 11.9 Å². The zero-order valence-corrected chi connectivity index (χ0v) is 19.0. The number of piperidine rings is 1. The summed E-state index contributed by atoms with van der Waals surface area (Å²) in [5, 5.41) is 3.37. The Morgan fingerprint density at radius 1 is 1.26 bits per heavy atom. The number of likely N-dealkylation sites (tertiary alicyclic amines) is 1. The third-order valence-corrected chi connectivity index (χ3v) is 7.18. The van der Waals surface area contributed by atoms with Crippen LogP contribution in [0.15, 0.2) is 24.4 Å². The van der Waals surface area contributed by atoms with Gasteiger partial charge in [-0.2, -0.15) is 0 Å². The van der Waals surface area contributed by atoms with Gasteiger partial charge in [-0.3, -0.25) is 29.5 Å². The molecule has 0 bridgehead atoms. The van der Waals surface area contributed by atoms with E-state index in [0.29, 0.717) is 28.7 Å². The van der Waals surface area contributed by atoms with Crippen molar-refractivity contribution >= 4 is 34.2 Å². The van der Waals surface area contributed by atoms with Gasteiger partial charge in [-0.05, 0) is 57.9 Å². The van der Waals surface area contributed by atoms with E-state index in [1.54, 1.807) is 12.1 Å². The fourth-order valence-electron chi connectivity index (χ4n) is 4.18. The number of amides is 3. The number of nitrogens with zero attached hydrogens (tertiary/aromatic N) is 3. The second kappa shape index (κ2) is 8.88. The van der Waals surface area contributed by atoms with Gasteiger partial charge in [0.25, 0.3) is 17.7 Å². The first-order chi connectivity index (χ1) is 14.9. The average Bonchev–Trinajstić information content (AvgIpc) is 3.30. The van der Waals surface area contributed by atoms with Gasteiger partial charge in [-0.15, -0.1) is 11.3 Å². The van der Waals surface area contributed by atoms with Crippen molar-refractivity contribution in [2.45, 2.75) is 65.1 Å². The van der Waals surface area contributed by atoms with Gasteiger partial charge in [0, 0.05) is 35.3 Å². The first-order valence-electron chi connectivity index (χ1n) is 10.9. The topological polar surface area (TPSA) is 82.6 Å². The van der Waals surface area contributed by atoms with E-state index >= 15 is 0 Å². The highest BCUT2D eigenvalue weighted by atomic mass is 32.1. The Labute approximate surface area is 186 Å². The Kier molecular flexibility index (Phi) is 6.20. The van der Waals surface area contributed by atoms with Crippen molar-refractivity contribution in [3.63, 3.8) is 0 Å². The van der Waals surface area contributed by atoms with Gasteiger partial charge >= 0.3 is 0 Å². The van der Waals surface area contributed by atoms with Gasteiger partial charge < -0.3 is 0 Å². The zero-order valence-electron chi connectivity index (χ0n) is 18.2. The SMILES string of the molecule is CCC(C)N1C(=O)c2ccc(C(=O)Nc3ncc(CN4CCCCC4C)s3)cc2C1=O. The number of aromatic nitrogens is 1. The molecule has 4 rings (SSSR count). The Morgan fingerprint density at radius 3 is 2.77 bits per heavy atom. The molecule has 3 heterocycles. The molecule has 0 spiro atoms. The molecular formula is C23H28N4O3S. The fourth-order valence-corrected chi connectivity index (χ4v) is 5.02. The molecule has 164 valence electrons. The summed E-state index contributed by atoms with van der Waals surface area (Å²) in [6, 6.07) is 5.05. The molecule has 2 aliphatic heterocycles. The molecule has 3 amide bonds. The summed E-state index contributed by atoms with van der Waals surface area (Å²) in [5.74, 6) is -0.966. The Balaban J connectivity index is 1.45. The summed E-state index contributed by atoms with van der Waals surface area (Å²) in [4.78, 5) is 47.2. The molecule has 0 radical (unpaired) electrons. The second-order valence-corrected chi connectivity index (χ2v) is 9.51. The third-order valence-electron chi connectivity index (χ3n) is 6.29. The Morgan fingerprint density at radius 2 is 2.03 bits per heavy atom. The lowest BCUT2D eigenvalue weighted by molar-refractivity contribution is 0.0593. The summed E-state index contributed by atoms with van der Waals surface area (Å²) in [6.45, 7) is 7.97. The number of carbonyl (C=O) groups excluding carboxylic acids is 3. The number of carbonyl (C=O) groups is 3. The van der Waals surface area contributed by atoms with Gasteiger partial charge in [-0.1, -0.05) is 13.3 Å². The summed E-state index contributed by atoms with van der Waals surface area (Å²) >= 11 is 1.47. The van der Waals surface area contributed by atoms with E-state index < -0.39 is 0 Å².